The highest BCUT2D eigenvalue weighted by molar-refractivity contribution is 6.03. The van der Waals surface area contributed by atoms with Gasteiger partial charge in [-0.3, -0.25) is 0 Å². The summed E-state index contributed by atoms with van der Waals surface area (Å²) in [4.78, 5) is 26.4. The second-order valence-electron chi connectivity index (χ2n) is 11.1. The predicted molar refractivity (Wildman–Crippen MR) is 128 cm³/mol. The summed E-state index contributed by atoms with van der Waals surface area (Å²) in [5.41, 5.74) is 0.645. The maximum absolute atomic E-state index is 13.2. The summed E-state index contributed by atoms with van der Waals surface area (Å²) < 4.78 is 12.1. The van der Waals surface area contributed by atoms with Crippen LogP contribution in [0.3, 0.4) is 0 Å². The van der Waals surface area contributed by atoms with E-state index in [4.69, 9.17) is 9.47 Å². The van der Waals surface area contributed by atoms with Gasteiger partial charge in [-0.1, -0.05) is 66.5 Å². The predicted octanol–water partition coefficient (Wildman–Crippen LogP) is 6.92. The second-order valence-corrected chi connectivity index (χ2v) is 11.1. The molecule has 32 heavy (non-hydrogen) atoms. The van der Waals surface area contributed by atoms with Crippen molar-refractivity contribution >= 4 is 11.9 Å². The van der Waals surface area contributed by atoms with Gasteiger partial charge in [-0.2, -0.15) is 0 Å². The molecule has 1 aromatic rings. The first kappa shape index (κ1) is 24.8. The van der Waals surface area contributed by atoms with Crippen molar-refractivity contribution in [3.8, 4) is 0 Å². The average Bonchev–Trinajstić information content (AvgIpc) is 2.73. The Morgan fingerprint density at radius 1 is 0.719 bits per heavy atom. The fraction of sp³-hybridized carbons (Fsp3) is 0.714. The maximum atomic E-state index is 13.2. The van der Waals surface area contributed by atoms with Crippen LogP contribution in [0.2, 0.25) is 0 Å². The van der Waals surface area contributed by atoms with Gasteiger partial charge in [-0.05, 0) is 73.3 Å². The molecular weight excluding hydrogens is 400 g/mol. The highest BCUT2D eigenvalue weighted by atomic mass is 16.6. The van der Waals surface area contributed by atoms with E-state index in [1.54, 1.807) is 24.3 Å². The number of hydrogen-bond donors (Lipinski definition) is 0. The first-order chi connectivity index (χ1) is 15.2. The Labute approximate surface area is 194 Å². The zero-order chi connectivity index (χ0) is 23.4. The van der Waals surface area contributed by atoms with Crippen LogP contribution in [0, 0.1) is 35.5 Å². The zero-order valence-electron chi connectivity index (χ0n) is 20.8. The summed E-state index contributed by atoms with van der Waals surface area (Å²) >= 11 is 0. The molecule has 0 saturated heterocycles. The minimum Gasteiger partial charge on any atom is -0.458 e. The molecule has 3 rings (SSSR count). The molecule has 4 heteroatoms. The number of carbonyl (C=O) groups is 2. The van der Waals surface area contributed by atoms with Crippen LogP contribution >= 0.6 is 0 Å². The van der Waals surface area contributed by atoms with Crippen molar-refractivity contribution in [3.63, 3.8) is 0 Å². The molecule has 0 radical (unpaired) electrons. The van der Waals surface area contributed by atoms with Crippen molar-refractivity contribution in [2.24, 2.45) is 35.5 Å². The topological polar surface area (TPSA) is 52.6 Å². The van der Waals surface area contributed by atoms with Crippen molar-refractivity contribution in [1.29, 1.82) is 0 Å². The Hall–Kier alpha value is -1.84. The lowest BCUT2D eigenvalue weighted by Crippen LogP contribution is -2.37. The minimum absolute atomic E-state index is 0.0974. The molecule has 2 saturated carbocycles. The van der Waals surface area contributed by atoms with Crippen LogP contribution in [0.4, 0.5) is 0 Å². The molecule has 0 bridgehead atoms. The molecule has 0 unspecified atom stereocenters. The fourth-order valence-corrected chi connectivity index (χ4v) is 5.74. The summed E-state index contributed by atoms with van der Waals surface area (Å²) in [6.07, 6.45) is 6.09. The molecule has 0 aliphatic heterocycles. The smallest absolute Gasteiger partial charge is 0.339 e. The molecule has 2 fully saturated rings. The molecule has 2 aliphatic rings. The molecule has 6 atom stereocenters. The molecule has 1 aromatic carbocycles. The number of carbonyl (C=O) groups excluding carboxylic acids is 2. The first-order valence-electron chi connectivity index (χ1n) is 12.7. The third kappa shape index (κ3) is 5.94. The van der Waals surface area contributed by atoms with Crippen LogP contribution in [0.15, 0.2) is 24.3 Å². The number of ether oxygens (including phenoxy) is 2. The summed E-state index contributed by atoms with van der Waals surface area (Å²) in [6.45, 7) is 13.2. The monoisotopic (exact) mass is 442 g/mol. The lowest BCUT2D eigenvalue weighted by molar-refractivity contribution is -0.0211. The van der Waals surface area contributed by atoms with E-state index in [1.165, 1.54) is 12.8 Å². The van der Waals surface area contributed by atoms with Crippen LogP contribution < -0.4 is 0 Å². The standard InChI is InChI=1S/C28H42O4/c1-17(2)21-13-11-19(5)15-25(21)31-27(29)23-9-7-8-10-24(23)28(30)32-26-16-20(6)12-14-22(26)18(3)4/h7-10,17-22,25-26H,11-16H2,1-6H3/t19-,20-,21+,22+,25-,26-/m1/s1. The van der Waals surface area contributed by atoms with Crippen LogP contribution in [-0.2, 0) is 9.47 Å². The zero-order valence-corrected chi connectivity index (χ0v) is 20.8. The van der Waals surface area contributed by atoms with Crippen molar-refractivity contribution < 1.29 is 19.1 Å². The molecular formula is C28H42O4. The summed E-state index contributed by atoms with van der Waals surface area (Å²) in [5.74, 6) is 1.94. The Kier molecular flexibility index (Phi) is 8.41. The van der Waals surface area contributed by atoms with Crippen LogP contribution in [-0.4, -0.2) is 24.1 Å². The van der Waals surface area contributed by atoms with Gasteiger partial charge >= 0.3 is 11.9 Å². The molecule has 4 nitrogen and oxygen atoms in total. The Bertz CT molecular complexity index is 718. The number of rotatable bonds is 6. The molecule has 0 aromatic heterocycles. The Balaban J connectivity index is 1.75. The molecule has 2 aliphatic carbocycles. The van der Waals surface area contributed by atoms with Gasteiger partial charge < -0.3 is 9.47 Å². The van der Waals surface area contributed by atoms with Crippen LogP contribution in [0.5, 0.6) is 0 Å². The normalized spacial score (nSPS) is 30.9. The van der Waals surface area contributed by atoms with Gasteiger partial charge in [0.25, 0.3) is 0 Å². The number of benzene rings is 1. The molecule has 0 N–H and O–H groups in total. The van der Waals surface area contributed by atoms with E-state index < -0.39 is 11.9 Å². The number of esters is 2. The van der Waals surface area contributed by atoms with Gasteiger partial charge in [-0.15, -0.1) is 0 Å². The third-order valence-electron chi connectivity index (χ3n) is 7.81. The summed E-state index contributed by atoms with van der Waals surface area (Å²) in [5, 5.41) is 0. The second kappa shape index (κ2) is 10.9. The van der Waals surface area contributed by atoms with E-state index in [9.17, 15) is 9.59 Å². The van der Waals surface area contributed by atoms with Crippen molar-refractivity contribution in [3.05, 3.63) is 35.4 Å². The molecule has 0 heterocycles. The van der Waals surface area contributed by atoms with Gasteiger partial charge in [0, 0.05) is 0 Å². The van der Waals surface area contributed by atoms with Gasteiger partial charge in [0.05, 0.1) is 11.1 Å². The quantitative estimate of drug-likeness (QED) is 0.449. The Morgan fingerprint density at radius 2 is 1.09 bits per heavy atom. The molecule has 178 valence electrons. The van der Waals surface area contributed by atoms with Gasteiger partial charge in [0.2, 0.25) is 0 Å². The SMILES string of the molecule is CC(C)[C@@H]1CC[C@@H](C)C[C@H]1OC(=O)c1ccccc1C(=O)O[C@@H]1C[C@H](C)CC[C@H]1C(C)C. The van der Waals surface area contributed by atoms with E-state index in [0.29, 0.717) is 46.6 Å². The van der Waals surface area contributed by atoms with Crippen LogP contribution in [0.25, 0.3) is 0 Å². The van der Waals surface area contributed by atoms with E-state index in [2.05, 4.69) is 41.5 Å². The highest BCUT2D eigenvalue weighted by Gasteiger charge is 2.36. The maximum Gasteiger partial charge on any atom is 0.339 e. The van der Waals surface area contributed by atoms with Gasteiger partial charge in [0.1, 0.15) is 12.2 Å². The highest BCUT2D eigenvalue weighted by Crippen LogP contribution is 2.37. The first-order valence-corrected chi connectivity index (χ1v) is 12.7. The lowest BCUT2D eigenvalue weighted by Gasteiger charge is -2.37. The van der Waals surface area contributed by atoms with Gasteiger partial charge in [0.15, 0.2) is 0 Å². The summed E-state index contributed by atoms with van der Waals surface area (Å²) in [6, 6.07) is 6.96. The van der Waals surface area contributed by atoms with E-state index >= 15 is 0 Å². The van der Waals surface area contributed by atoms with Gasteiger partial charge in [-0.25, -0.2) is 9.59 Å². The van der Waals surface area contributed by atoms with E-state index in [1.807, 2.05) is 0 Å². The van der Waals surface area contributed by atoms with Crippen molar-refractivity contribution in [2.75, 3.05) is 0 Å². The Morgan fingerprint density at radius 3 is 1.44 bits per heavy atom. The van der Waals surface area contributed by atoms with Crippen molar-refractivity contribution in [1.82, 2.24) is 0 Å². The third-order valence-corrected chi connectivity index (χ3v) is 7.81. The average molecular weight is 443 g/mol. The van der Waals surface area contributed by atoms with E-state index in [-0.39, 0.29) is 12.2 Å². The molecule has 0 spiro atoms. The van der Waals surface area contributed by atoms with Crippen molar-refractivity contribution in [2.45, 2.75) is 92.3 Å². The van der Waals surface area contributed by atoms with E-state index in [0.717, 1.165) is 25.7 Å². The lowest BCUT2D eigenvalue weighted by atomic mass is 9.75. The largest absolute Gasteiger partial charge is 0.458 e. The fourth-order valence-electron chi connectivity index (χ4n) is 5.74. The summed E-state index contributed by atoms with van der Waals surface area (Å²) in [7, 11) is 0. The number of hydrogen-bond acceptors (Lipinski definition) is 4. The minimum atomic E-state index is -0.403. The molecule has 0 amide bonds. The van der Waals surface area contributed by atoms with Crippen LogP contribution in [0.1, 0.15) is 101 Å².